The summed E-state index contributed by atoms with van der Waals surface area (Å²) in [6.45, 7) is 15.7. The predicted octanol–water partition coefficient (Wildman–Crippen LogP) is 5.45. The first-order valence-corrected chi connectivity index (χ1v) is 8.18. The van der Waals surface area contributed by atoms with Crippen LogP contribution in [0.4, 0.5) is 0 Å². The van der Waals surface area contributed by atoms with Crippen LogP contribution in [0.15, 0.2) is 0 Å². The van der Waals surface area contributed by atoms with Gasteiger partial charge >= 0.3 is 5.97 Å². The monoisotopic (exact) mass is 284 g/mol. The Bertz CT molecular complexity index is 292. The maximum atomic E-state index is 11.7. The molecule has 0 amide bonds. The van der Waals surface area contributed by atoms with Crippen LogP contribution in [0, 0.1) is 22.7 Å². The van der Waals surface area contributed by atoms with Gasteiger partial charge in [0.15, 0.2) is 0 Å². The van der Waals surface area contributed by atoms with E-state index < -0.39 is 0 Å². The minimum atomic E-state index is -0.369. The summed E-state index contributed by atoms with van der Waals surface area (Å²) in [6.07, 6.45) is 5.85. The first-order chi connectivity index (χ1) is 9.09. The van der Waals surface area contributed by atoms with Gasteiger partial charge in [0.25, 0.3) is 0 Å². The number of hydrogen-bond donors (Lipinski definition) is 0. The van der Waals surface area contributed by atoms with E-state index >= 15 is 0 Å². The third kappa shape index (κ3) is 5.46. The van der Waals surface area contributed by atoms with Crippen molar-refractivity contribution in [2.75, 3.05) is 7.11 Å². The number of carbonyl (C=O) groups is 1. The van der Waals surface area contributed by atoms with E-state index in [9.17, 15) is 4.79 Å². The van der Waals surface area contributed by atoms with E-state index in [1.807, 2.05) is 13.8 Å². The minimum absolute atomic E-state index is 0.0958. The molecule has 0 rings (SSSR count). The van der Waals surface area contributed by atoms with Crippen molar-refractivity contribution in [1.82, 2.24) is 0 Å². The smallest absolute Gasteiger partial charge is 0.311 e. The highest BCUT2D eigenvalue weighted by atomic mass is 16.5. The molecule has 0 saturated carbocycles. The number of carbonyl (C=O) groups excluding carboxylic acids is 1. The van der Waals surface area contributed by atoms with Gasteiger partial charge in [-0.3, -0.25) is 4.79 Å². The van der Waals surface area contributed by atoms with Gasteiger partial charge in [0.05, 0.1) is 12.5 Å². The van der Waals surface area contributed by atoms with Gasteiger partial charge in [0.1, 0.15) is 0 Å². The standard InChI is InChI=1S/C18H36O2/c1-9-10-11-14(2)18(6,7)15(3)12-13-17(4,5)16(19)20-8/h14-15H,9-13H2,1-8H3. The van der Waals surface area contributed by atoms with Gasteiger partial charge in [-0.05, 0) is 43.9 Å². The molecule has 0 aromatic rings. The van der Waals surface area contributed by atoms with Crippen LogP contribution in [0.2, 0.25) is 0 Å². The van der Waals surface area contributed by atoms with Crippen LogP contribution in [-0.2, 0) is 9.53 Å². The third-order valence-electron chi connectivity index (χ3n) is 5.47. The first kappa shape index (κ1) is 19.5. The summed E-state index contributed by atoms with van der Waals surface area (Å²) < 4.78 is 4.89. The van der Waals surface area contributed by atoms with Crippen molar-refractivity contribution in [3.05, 3.63) is 0 Å². The molecular formula is C18H36O2. The fraction of sp³-hybridized carbons (Fsp3) is 0.944. The summed E-state index contributed by atoms with van der Waals surface area (Å²) in [6, 6.07) is 0. The molecule has 2 atom stereocenters. The van der Waals surface area contributed by atoms with Gasteiger partial charge in [0, 0.05) is 0 Å². The molecule has 0 heterocycles. The first-order valence-electron chi connectivity index (χ1n) is 8.18. The molecule has 2 nitrogen and oxygen atoms in total. The Morgan fingerprint density at radius 1 is 1.05 bits per heavy atom. The largest absolute Gasteiger partial charge is 0.469 e. The summed E-state index contributed by atoms with van der Waals surface area (Å²) in [5, 5.41) is 0. The lowest BCUT2D eigenvalue weighted by Crippen LogP contribution is -2.32. The van der Waals surface area contributed by atoms with Crippen molar-refractivity contribution in [3.8, 4) is 0 Å². The number of ether oxygens (including phenoxy) is 1. The summed E-state index contributed by atoms with van der Waals surface area (Å²) in [7, 11) is 1.48. The highest BCUT2D eigenvalue weighted by Gasteiger charge is 2.34. The molecule has 0 N–H and O–H groups in total. The average Bonchev–Trinajstić information content (AvgIpc) is 2.40. The van der Waals surface area contributed by atoms with E-state index in [1.54, 1.807) is 0 Å². The topological polar surface area (TPSA) is 26.3 Å². The van der Waals surface area contributed by atoms with Gasteiger partial charge in [-0.1, -0.05) is 53.9 Å². The number of rotatable bonds is 9. The van der Waals surface area contributed by atoms with Crippen molar-refractivity contribution in [1.29, 1.82) is 0 Å². The summed E-state index contributed by atoms with van der Waals surface area (Å²) in [5.41, 5.74) is -0.0485. The van der Waals surface area contributed by atoms with Crippen molar-refractivity contribution in [2.45, 2.75) is 80.6 Å². The molecule has 2 heteroatoms. The second kappa shape index (κ2) is 8.05. The Balaban J connectivity index is 4.51. The SMILES string of the molecule is CCCCC(C)C(C)(C)C(C)CCC(C)(C)C(=O)OC. The van der Waals surface area contributed by atoms with Crippen molar-refractivity contribution >= 4 is 5.97 Å². The van der Waals surface area contributed by atoms with E-state index in [4.69, 9.17) is 4.74 Å². The summed E-state index contributed by atoms with van der Waals surface area (Å²) in [4.78, 5) is 11.7. The molecule has 0 aromatic carbocycles. The Morgan fingerprint density at radius 3 is 2.00 bits per heavy atom. The second-order valence-corrected chi connectivity index (χ2v) is 7.68. The van der Waals surface area contributed by atoms with E-state index in [0.717, 1.165) is 18.8 Å². The molecule has 0 aliphatic carbocycles. The molecule has 2 unspecified atom stereocenters. The van der Waals surface area contributed by atoms with Crippen molar-refractivity contribution in [2.24, 2.45) is 22.7 Å². The number of unbranched alkanes of at least 4 members (excludes halogenated alkanes) is 1. The molecular weight excluding hydrogens is 248 g/mol. The number of methoxy groups -OCH3 is 1. The number of esters is 1. The Hall–Kier alpha value is -0.530. The molecule has 0 radical (unpaired) electrons. The molecule has 0 fully saturated rings. The minimum Gasteiger partial charge on any atom is -0.469 e. The van der Waals surface area contributed by atoms with E-state index in [0.29, 0.717) is 11.3 Å². The van der Waals surface area contributed by atoms with Crippen molar-refractivity contribution in [3.63, 3.8) is 0 Å². The van der Waals surface area contributed by atoms with Crippen LogP contribution in [0.3, 0.4) is 0 Å². The zero-order valence-corrected chi connectivity index (χ0v) is 15.0. The van der Waals surface area contributed by atoms with E-state index in [-0.39, 0.29) is 11.4 Å². The Morgan fingerprint density at radius 2 is 1.55 bits per heavy atom. The molecule has 120 valence electrons. The highest BCUT2D eigenvalue weighted by Crippen LogP contribution is 2.41. The maximum Gasteiger partial charge on any atom is 0.311 e. The number of hydrogen-bond acceptors (Lipinski definition) is 2. The van der Waals surface area contributed by atoms with Gasteiger partial charge in [0.2, 0.25) is 0 Å². The maximum absolute atomic E-state index is 11.7. The fourth-order valence-corrected chi connectivity index (χ4v) is 2.70. The van der Waals surface area contributed by atoms with Gasteiger partial charge < -0.3 is 4.74 Å². The molecule has 0 bridgehead atoms. The zero-order chi connectivity index (χ0) is 16.0. The van der Waals surface area contributed by atoms with Crippen LogP contribution in [0.1, 0.15) is 80.6 Å². The lowest BCUT2D eigenvalue weighted by Gasteiger charge is -2.39. The molecule has 0 saturated heterocycles. The van der Waals surface area contributed by atoms with Crippen LogP contribution in [-0.4, -0.2) is 13.1 Å². The Kier molecular flexibility index (Phi) is 7.83. The van der Waals surface area contributed by atoms with E-state index in [1.165, 1.54) is 26.4 Å². The van der Waals surface area contributed by atoms with Crippen LogP contribution in [0.25, 0.3) is 0 Å². The van der Waals surface area contributed by atoms with Gasteiger partial charge in [-0.2, -0.15) is 0 Å². The highest BCUT2D eigenvalue weighted by molar-refractivity contribution is 5.75. The fourth-order valence-electron chi connectivity index (χ4n) is 2.70. The second-order valence-electron chi connectivity index (χ2n) is 7.68. The molecule has 20 heavy (non-hydrogen) atoms. The van der Waals surface area contributed by atoms with Crippen molar-refractivity contribution < 1.29 is 9.53 Å². The lowest BCUT2D eigenvalue weighted by atomic mass is 9.66. The molecule has 0 aromatic heterocycles. The quantitative estimate of drug-likeness (QED) is 0.526. The lowest BCUT2D eigenvalue weighted by molar-refractivity contribution is -0.151. The van der Waals surface area contributed by atoms with Gasteiger partial charge in [-0.15, -0.1) is 0 Å². The van der Waals surface area contributed by atoms with Gasteiger partial charge in [-0.25, -0.2) is 0 Å². The van der Waals surface area contributed by atoms with Crippen LogP contribution >= 0.6 is 0 Å². The summed E-state index contributed by atoms with van der Waals surface area (Å²) in [5.74, 6) is 1.23. The third-order valence-corrected chi connectivity index (χ3v) is 5.47. The molecule has 0 spiro atoms. The normalized spacial score (nSPS) is 15.8. The Labute approximate surface area is 126 Å². The van der Waals surface area contributed by atoms with Crippen LogP contribution < -0.4 is 0 Å². The average molecular weight is 284 g/mol. The van der Waals surface area contributed by atoms with E-state index in [2.05, 4.69) is 34.6 Å². The van der Waals surface area contributed by atoms with Crippen LogP contribution in [0.5, 0.6) is 0 Å². The molecule has 0 aliphatic rings. The predicted molar refractivity (Wildman–Crippen MR) is 86.7 cm³/mol. The summed E-state index contributed by atoms with van der Waals surface area (Å²) >= 11 is 0. The molecule has 0 aliphatic heterocycles. The zero-order valence-electron chi connectivity index (χ0n) is 15.0.